The first kappa shape index (κ1) is 16.3. The summed E-state index contributed by atoms with van der Waals surface area (Å²) in [6, 6.07) is 0.269. The molecule has 4 heteroatoms. The van der Waals surface area contributed by atoms with Crippen LogP contribution in [0.1, 0.15) is 72.1 Å². The molecule has 0 aromatic heterocycles. The molecule has 2 atom stereocenters. The third-order valence-corrected chi connectivity index (χ3v) is 6.19. The van der Waals surface area contributed by atoms with Gasteiger partial charge in [-0.1, -0.05) is 46.5 Å². The monoisotopic (exact) mass is 294 g/mol. The van der Waals surface area contributed by atoms with Crippen LogP contribution in [0.25, 0.3) is 0 Å². The Kier molecular flexibility index (Phi) is 4.64. The lowest BCUT2D eigenvalue weighted by molar-refractivity contribution is -0.323. The molecule has 2 aliphatic carbocycles. The minimum atomic E-state index is -1.03. The molecular weight excluding hydrogens is 266 g/mol. The molecule has 1 N–H and O–H groups in total. The number of hydrogen-bond donors (Lipinski definition) is 1. The SMILES string of the molecule is CC1(C(=O)[O-])CCC(C(=O)NC2CCCCCC2)C1(C)C. The summed E-state index contributed by atoms with van der Waals surface area (Å²) in [5.41, 5.74) is -1.49. The van der Waals surface area contributed by atoms with Crippen molar-refractivity contribution in [1.82, 2.24) is 5.32 Å². The predicted octanol–water partition coefficient (Wildman–Crippen LogP) is 2.02. The largest absolute Gasteiger partial charge is 0.550 e. The van der Waals surface area contributed by atoms with Crippen LogP contribution in [0.15, 0.2) is 0 Å². The molecule has 0 saturated heterocycles. The standard InChI is InChI=1S/C17H29NO3/c1-16(2)13(10-11-17(16,3)15(20)21)14(19)18-12-8-6-4-5-7-9-12/h12-13H,4-11H2,1-3H3,(H,18,19)(H,20,21)/p-1. The molecule has 120 valence electrons. The molecule has 2 fully saturated rings. The maximum Gasteiger partial charge on any atom is 0.223 e. The molecule has 1 amide bonds. The minimum absolute atomic E-state index is 0.0388. The van der Waals surface area contributed by atoms with E-state index in [9.17, 15) is 14.7 Å². The van der Waals surface area contributed by atoms with E-state index in [0.29, 0.717) is 12.8 Å². The summed E-state index contributed by atoms with van der Waals surface area (Å²) in [4.78, 5) is 24.1. The zero-order valence-corrected chi connectivity index (χ0v) is 13.5. The van der Waals surface area contributed by atoms with Crippen molar-refractivity contribution >= 4 is 11.9 Å². The van der Waals surface area contributed by atoms with Gasteiger partial charge in [-0.05, 0) is 31.1 Å². The van der Waals surface area contributed by atoms with Gasteiger partial charge in [0.05, 0.1) is 0 Å². The second kappa shape index (κ2) is 5.98. The summed E-state index contributed by atoms with van der Waals surface area (Å²) in [6.45, 7) is 5.52. The van der Waals surface area contributed by atoms with Crippen molar-refractivity contribution in [3.05, 3.63) is 0 Å². The molecule has 0 spiro atoms. The number of nitrogens with one attached hydrogen (secondary N) is 1. The molecule has 4 nitrogen and oxygen atoms in total. The molecule has 2 rings (SSSR count). The van der Waals surface area contributed by atoms with Gasteiger partial charge in [-0.2, -0.15) is 0 Å². The first-order chi connectivity index (χ1) is 9.79. The smallest absolute Gasteiger partial charge is 0.223 e. The molecule has 2 saturated carbocycles. The molecule has 0 aromatic carbocycles. The number of rotatable bonds is 3. The maximum absolute atomic E-state index is 12.6. The predicted molar refractivity (Wildman–Crippen MR) is 79.3 cm³/mol. The third kappa shape index (κ3) is 2.95. The highest BCUT2D eigenvalue weighted by atomic mass is 16.4. The molecule has 2 unspecified atom stereocenters. The normalized spacial score (nSPS) is 33.4. The lowest BCUT2D eigenvalue weighted by atomic mass is 9.65. The van der Waals surface area contributed by atoms with Crippen LogP contribution < -0.4 is 10.4 Å². The van der Waals surface area contributed by atoms with Gasteiger partial charge >= 0.3 is 0 Å². The van der Waals surface area contributed by atoms with Gasteiger partial charge in [-0.15, -0.1) is 0 Å². The average Bonchev–Trinajstić information content (AvgIpc) is 2.59. The highest BCUT2D eigenvalue weighted by Gasteiger charge is 2.54. The van der Waals surface area contributed by atoms with E-state index in [1.807, 2.05) is 13.8 Å². The number of carboxylic acids is 1. The summed E-state index contributed by atoms with van der Waals surface area (Å²) in [5.74, 6) is -1.22. The Morgan fingerprint density at radius 3 is 2.05 bits per heavy atom. The molecule has 21 heavy (non-hydrogen) atoms. The first-order valence-electron chi connectivity index (χ1n) is 8.31. The minimum Gasteiger partial charge on any atom is -0.550 e. The first-order valence-corrected chi connectivity index (χ1v) is 8.31. The van der Waals surface area contributed by atoms with Crippen molar-refractivity contribution in [2.24, 2.45) is 16.7 Å². The number of carboxylic acid groups (broad SMARTS) is 1. The Balaban J connectivity index is 2.04. The van der Waals surface area contributed by atoms with Gasteiger partial charge in [-0.25, -0.2) is 0 Å². The fourth-order valence-electron chi connectivity index (χ4n) is 4.05. The van der Waals surface area contributed by atoms with E-state index in [1.54, 1.807) is 6.92 Å². The second-order valence-corrected chi connectivity index (χ2v) is 7.63. The number of carbonyl (C=O) groups excluding carboxylic acids is 2. The van der Waals surface area contributed by atoms with Crippen molar-refractivity contribution in [3.63, 3.8) is 0 Å². The molecule has 0 aromatic rings. The maximum atomic E-state index is 12.6. The molecular formula is C17H28NO3-. The van der Waals surface area contributed by atoms with Crippen molar-refractivity contribution in [3.8, 4) is 0 Å². The zero-order chi connectivity index (χ0) is 15.7. The van der Waals surface area contributed by atoms with Crippen molar-refractivity contribution in [1.29, 1.82) is 0 Å². The quantitative estimate of drug-likeness (QED) is 0.810. The summed E-state index contributed by atoms with van der Waals surface area (Å²) in [6.07, 6.45) is 8.12. The molecule has 0 radical (unpaired) electrons. The molecule has 2 aliphatic rings. The van der Waals surface area contributed by atoms with Crippen LogP contribution in [-0.4, -0.2) is 17.9 Å². The topological polar surface area (TPSA) is 69.2 Å². The van der Waals surface area contributed by atoms with Crippen LogP contribution in [0.4, 0.5) is 0 Å². The second-order valence-electron chi connectivity index (χ2n) is 7.63. The third-order valence-electron chi connectivity index (χ3n) is 6.19. The summed E-state index contributed by atoms with van der Waals surface area (Å²) in [7, 11) is 0. The number of carbonyl (C=O) groups is 2. The summed E-state index contributed by atoms with van der Waals surface area (Å²) >= 11 is 0. The van der Waals surface area contributed by atoms with Gasteiger partial charge < -0.3 is 15.2 Å². The number of aliphatic carboxylic acids is 1. The molecule has 0 bridgehead atoms. The van der Waals surface area contributed by atoms with E-state index in [2.05, 4.69) is 5.32 Å². The number of amides is 1. The summed E-state index contributed by atoms with van der Waals surface area (Å²) < 4.78 is 0. The van der Waals surface area contributed by atoms with Crippen molar-refractivity contribution in [2.45, 2.75) is 78.2 Å². The lowest BCUT2D eigenvalue weighted by Crippen LogP contribution is -2.51. The van der Waals surface area contributed by atoms with Crippen LogP contribution in [0.2, 0.25) is 0 Å². The Morgan fingerprint density at radius 2 is 1.57 bits per heavy atom. The van der Waals surface area contributed by atoms with Crippen molar-refractivity contribution in [2.75, 3.05) is 0 Å². The highest BCUT2D eigenvalue weighted by molar-refractivity contribution is 5.83. The van der Waals surface area contributed by atoms with Gasteiger partial charge in [0.1, 0.15) is 0 Å². The Morgan fingerprint density at radius 1 is 1.00 bits per heavy atom. The fourth-order valence-corrected chi connectivity index (χ4v) is 4.05. The van der Waals surface area contributed by atoms with E-state index in [0.717, 1.165) is 12.8 Å². The average molecular weight is 294 g/mol. The Labute approximate surface area is 127 Å². The zero-order valence-electron chi connectivity index (χ0n) is 13.5. The van der Waals surface area contributed by atoms with Crippen LogP contribution in [0, 0.1) is 16.7 Å². The van der Waals surface area contributed by atoms with Crippen molar-refractivity contribution < 1.29 is 14.7 Å². The Bertz CT molecular complexity index is 410. The van der Waals surface area contributed by atoms with Gasteiger partial charge in [0.15, 0.2) is 0 Å². The molecule has 0 heterocycles. The highest BCUT2D eigenvalue weighted by Crippen LogP contribution is 2.55. The van der Waals surface area contributed by atoms with E-state index in [4.69, 9.17) is 0 Å². The van der Waals surface area contributed by atoms with Gasteiger partial charge in [0.2, 0.25) is 5.91 Å². The van der Waals surface area contributed by atoms with Gasteiger partial charge in [-0.3, -0.25) is 4.79 Å². The van der Waals surface area contributed by atoms with Crippen LogP contribution in [-0.2, 0) is 9.59 Å². The Hall–Kier alpha value is -1.06. The lowest BCUT2D eigenvalue weighted by Gasteiger charge is -2.42. The van der Waals surface area contributed by atoms with Crippen LogP contribution >= 0.6 is 0 Å². The van der Waals surface area contributed by atoms with Crippen LogP contribution in [0.3, 0.4) is 0 Å². The van der Waals surface area contributed by atoms with E-state index in [-0.39, 0.29) is 17.9 Å². The van der Waals surface area contributed by atoms with Gasteiger partial charge in [0.25, 0.3) is 0 Å². The van der Waals surface area contributed by atoms with E-state index < -0.39 is 16.8 Å². The van der Waals surface area contributed by atoms with Gasteiger partial charge in [0, 0.05) is 23.3 Å². The fraction of sp³-hybridized carbons (Fsp3) is 0.882. The van der Waals surface area contributed by atoms with E-state index in [1.165, 1.54) is 25.7 Å². The summed E-state index contributed by atoms with van der Waals surface area (Å²) in [5, 5.41) is 14.7. The van der Waals surface area contributed by atoms with Crippen LogP contribution in [0.5, 0.6) is 0 Å². The van der Waals surface area contributed by atoms with E-state index >= 15 is 0 Å². The number of hydrogen-bond acceptors (Lipinski definition) is 3. The molecule has 0 aliphatic heterocycles.